The van der Waals surface area contributed by atoms with E-state index in [-0.39, 0.29) is 17.9 Å². The highest BCUT2D eigenvalue weighted by Gasteiger charge is 2.24. The van der Waals surface area contributed by atoms with E-state index in [9.17, 15) is 4.79 Å². The fourth-order valence-corrected chi connectivity index (χ4v) is 2.82. The molecule has 3 unspecified atom stereocenters. The first kappa shape index (κ1) is 15.5. The molecule has 1 amide bonds. The molecule has 0 heterocycles. The number of nitrogens with two attached hydrogens (primary N) is 1. The average molecular weight is 254 g/mol. The minimum atomic E-state index is 0.118. The van der Waals surface area contributed by atoms with Crippen molar-refractivity contribution in [1.29, 1.82) is 0 Å². The Morgan fingerprint density at radius 1 is 1.22 bits per heavy atom. The standard InChI is InChI=1S/C15H30N2O/c1-11(7-6-8-12(2)16)15(18)17-13(3)14-9-4-5-10-14/h11-14H,4-10,16H2,1-3H3,(H,17,18). The summed E-state index contributed by atoms with van der Waals surface area (Å²) in [7, 11) is 0. The van der Waals surface area contributed by atoms with Crippen molar-refractivity contribution in [2.24, 2.45) is 17.6 Å². The zero-order chi connectivity index (χ0) is 13.5. The molecular weight excluding hydrogens is 224 g/mol. The number of rotatable bonds is 7. The maximum Gasteiger partial charge on any atom is 0.223 e. The number of carbonyl (C=O) groups excluding carboxylic acids is 1. The summed E-state index contributed by atoms with van der Waals surface area (Å²) in [5.41, 5.74) is 5.72. The van der Waals surface area contributed by atoms with Crippen LogP contribution in [0.1, 0.15) is 65.7 Å². The van der Waals surface area contributed by atoms with Gasteiger partial charge in [-0.05, 0) is 45.4 Å². The third kappa shape index (κ3) is 5.38. The first-order valence-corrected chi connectivity index (χ1v) is 7.56. The van der Waals surface area contributed by atoms with Crippen molar-refractivity contribution >= 4 is 5.91 Å². The van der Waals surface area contributed by atoms with Gasteiger partial charge >= 0.3 is 0 Å². The van der Waals surface area contributed by atoms with Gasteiger partial charge in [-0.3, -0.25) is 4.79 Å². The van der Waals surface area contributed by atoms with Crippen LogP contribution in [0.15, 0.2) is 0 Å². The van der Waals surface area contributed by atoms with Crippen molar-refractivity contribution in [3.05, 3.63) is 0 Å². The molecule has 0 spiro atoms. The predicted octanol–water partition coefficient (Wildman–Crippen LogP) is 2.83. The molecule has 0 bridgehead atoms. The zero-order valence-corrected chi connectivity index (χ0v) is 12.2. The molecule has 3 atom stereocenters. The van der Waals surface area contributed by atoms with Crippen LogP contribution in [0.4, 0.5) is 0 Å². The van der Waals surface area contributed by atoms with Gasteiger partial charge in [0.1, 0.15) is 0 Å². The summed E-state index contributed by atoms with van der Waals surface area (Å²) in [5, 5.41) is 3.19. The maximum atomic E-state index is 12.0. The molecule has 0 aromatic rings. The molecule has 1 rings (SSSR count). The quantitative estimate of drug-likeness (QED) is 0.734. The lowest BCUT2D eigenvalue weighted by atomic mass is 9.97. The molecule has 0 aliphatic heterocycles. The monoisotopic (exact) mass is 254 g/mol. The van der Waals surface area contributed by atoms with E-state index in [0.29, 0.717) is 12.0 Å². The summed E-state index contributed by atoms with van der Waals surface area (Å²) in [5.74, 6) is 1.04. The van der Waals surface area contributed by atoms with Gasteiger partial charge in [-0.25, -0.2) is 0 Å². The minimum Gasteiger partial charge on any atom is -0.353 e. The molecule has 0 radical (unpaired) electrons. The molecule has 3 nitrogen and oxygen atoms in total. The van der Waals surface area contributed by atoms with Crippen LogP contribution in [0.3, 0.4) is 0 Å². The van der Waals surface area contributed by atoms with Gasteiger partial charge < -0.3 is 11.1 Å². The minimum absolute atomic E-state index is 0.118. The third-order valence-electron chi connectivity index (χ3n) is 4.22. The van der Waals surface area contributed by atoms with Crippen LogP contribution in [0, 0.1) is 11.8 Å². The van der Waals surface area contributed by atoms with E-state index in [1.54, 1.807) is 0 Å². The summed E-state index contributed by atoms with van der Waals surface area (Å²) in [4.78, 5) is 12.0. The largest absolute Gasteiger partial charge is 0.353 e. The first-order chi connectivity index (χ1) is 8.50. The number of carbonyl (C=O) groups is 1. The molecule has 1 saturated carbocycles. The Balaban J connectivity index is 2.21. The second-order valence-electron chi connectivity index (χ2n) is 6.15. The van der Waals surface area contributed by atoms with Crippen molar-refractivity contribution in [3.63, 3.8) is 0 Å². The highest BCUT2D eigenvalue weighted by molar-refractivity contribution is 5.78. The van der Waals surface area contributed by atoms with Crippen molar-refractivity contribution in [2.75, 3.05) is 0 Å². The second kappa shape index (κ2) is 7.78. The molecule has 0 aromatic heterocycles. The van der Waals surface area contributed by atoms with E-state index in [1.165, 1.54) is 25.7 Å². The average Bonchev–Trinajstić information content (AvgIpc) is 2.81. The van der Waals surface area contributed by atoms with Crippen LogP contribution >= 0.6 is 0 Å². The topological polar surface area (TPSA) is 55.1 Å². The Morgan fingerprint density at radius 3 is 2.39 bits per heavy atom. The summed E-state index contributed by atoms with van der Waals surface area (Å²) >= 11 is 0. The van der Waals surface area contributed by atoms with Gasteiger partial charge in [0, 0.05) is 18.0 Å². The molecule has 3 heteroatoms. The van der Waals surface area contributed by atoms with Crippen molar-refractivity contribution in [3.8, 4) is 0 Å². The Labute approximate surface area is 112 Å². The van der Waals surface area contributed by atoms with Crippen LogP contribution in [0.25, 0.3) is 0 Å². The lowest BCUT2D eigenvalue weighted by molar-refractivity contribution is -0.125. The normalized spacial score (nSPS) is 21.6. The van der Waals surface area contributed by atoms with E-state index in [4.69, 9.17) is 5.73 Å². The van der Waals surface area contributed by atoms with Gasteiger partial charge in [0.15, 0.2) is 0 Å². The summed E-state index contributed by atoms with van der Waals surface area (Å²) < 4.78 is 0. The number of hydrogen-bond acceptors (Lipinski definition) is 2. The number of nitrogens with one attached hydrogen (secondary N) is 1. The van der Waals surface area contributed by atoms with Crippen LogP contribution < -0.4 is 11.1 Å². The van der Waals surface area contributed by atoms with E-state index >= 15 is 0 Å². The van der Waals surface area contributed by atoms with Crippen molar-refractivity contribution in [2.45, 2.75) is 77.8 Å². The molecule has 18 heavy (non-hydrogen) atoms. The zero-order valence-electron chi connectivity index (χ0n) is 12.2. The molecule has 1 aliphatic carbocycles. The van der Waals surface area contributed by atoms with Gasteiger partial charge in [0.25, 0.3) is 0 Å². The molecule has 0 aromatic carbocycles. The lowest BCUT2D eigenvalue weighted by Crippen LogP contribution is -2.40. The number of amides is 1. The second-order valence-corrected chi connectivity index (χ2v) is 6.15. The molecule has 106 valence electrons. The fraction of sp³-hybridized carbons (Fsp3) is 0.933. The van der Waals surface area contributed by atoms with E-state index < -0.39 is 0 Å². The third-order valence-corrected chi connectivity index (χ3v) is 4.22. The predicted molar refractivity (Wildman–Crippen MR) is 76.2 cm³/mol. The molecule has 1 aliphatic rings. The van der Waals surface area contributed by atoms with Gasteiger partial charge in [-0.2, -0.15) is 0 Å². The lowest BCUT2D eigenvalue weighted by Gasteiger charge is -2.22. The SMILES string of the molecule is CC(N)CCCC(C)C(=O)NC(C)C1CCCC1. The van der Waals surface area contributed by atoms with Crippen molar-refractivity contribution < 1.29 is 4.79 Å². The summed E-state index contributed by atoms with van der Waals surface area (Å²) in [6.45, 7) is 6.20. The van der Waals surface area contributed by atoms with Crippen LogP contribution in [-0.2, 0) is 4.79 Å². The van der Waals surface area contributed by atoms with Crippen molar-refractivity contribution in [1.82, 2.24) is 5.32 Å². The van der Waals surface area contributed by atoms with E-state index in [2.05, 4.69) is 12.2 Å². The van der Waals surface area contributed by atoms with Crippen LogP contribution in [-0.4, -0.2) is 18.0 Å². The van der Waals surface area contributed by atoms with Gasteiger partial charge in [0.05, 0.1) is 0 Å². The maximum absolute atomic E-state index is 12.0. The first-order valence-electron chi connectivity index (χ1n) is 7.56. The Morgan fingerprint density at radius 2 is 1.83 bits per heavy atom. The van der Waals surface area contributed by atoms with Crippen LogP contribution in [0.2, 0.25) is 0 Å². The summed E-state index contributed by atoms with van der Waals surface area (Å²) in [6, 6.07) is 0.591. The Kier molecular flexibility index (Phi) is 6.69. The van der Waals surface area contributed by atoms with Gasteiger partial charge in [0.2, 0.25) is 5.91 Å². The van der Waals surface area contributed by atoms with E-state index in [0.717, 1.165) is 19.3 Å². The highest BCUT2D eigenvalue weighted by atomic mass is 16.1. The smallest absolute Gasteiger partial charge is 0.223 e. The Hall–Kier alpha value is -0.570. The fourth-order valence-electron chi connectivity index (χ4n) is 2.82. The molecule has 1 fully saturated rings. The Bertz CT molecular complexity index is 247. The van der Waals surface area contributed by atoms with Gasteiger partial charge in [-0.15, -0.1) is 0 Å². The van der Waals surface area contributed by atoms with Gasteiger partial charge in [-0.1, -0.05) is 26.2 Å². The molecular formula is C15H30N2O. The number of hydrogen-bond donors (Lipinski definition) is 2. The van der Waals surface area contributed by atoms with Crippen LogP contribution in [0.5, 0.6) is 0 Å². The summed E-state index contributed by atoms with van der Waals surface area (Å²) in [6.07, 6.45) is 8.22. The molecule has 3 N–H and O–H groups in total. The highest BCUT2D eigenvalue weighted by Crippen LogP contribution is 2.27. The van der Waals surface area contributed by atoms with E-state index in [1.807, 2.05) is 13.8 Å². The molecule has 0 saturated heterocycles.